The average molecular weight is 196 g/mol. The molecule has 0 heterocycles. The molecule has 0 N–H and O–H groups in total. The van der Waals surface area contributed by atoms with Gasteiger partial charge >= 0.3 is 5.97 Å². The van der Waals surface area contributed by atoms with E-state index in [1.165, 1.54) is 25.3 Å². The lowest BCUT2D eigenvalue weighted by Crippen LogP contribution is -1.98. The third kappa shape index (κ3) is 9.04. The number of ether oxygens (including phenoxy) is 1. The maximum atomic E-state index is 10.8. The molecular formula is C12H20O2. The minimum atomic E-state index is -0.272. The molecule has 0 amide bonds. The van der Waals surface area contributed by atoms with Gasteiger partial charge in [-0.2, -0.15) is 0 Å². The number of rotatable bonds is 7. The maximum Gasteiger partial charge on any atom is 0.330 e. The summed E-state index contributed by atoms with van der Waals surface area (Å²) < 4.78 is 4.73. The zero-order valence-corrected chi connectivity index (χ0v) is 9.16. The lowest BCUT2D eigenvalue weighted by Gasteiger charge is -1.92. The second-order valence-electron chi connectivity index (χ2n) is 3.04. The summed E-state index contributed by atoms with van der Waals surface area (Å²) in [6.45, 7) is 4.42. The highest BCUT2D eigenvalue weighted by Crippen LogP contribution is 1.99. The lowest BCUT2D eigenvalue weighted by molar-refractivity contribution is -0.137. The van der Waals surface area contributed by atoms with Gasteiger partial charge in [-0.25, -0.2) is 4.79 Å². The third-order valence-electron chi connectivity index (χ3n) is 1.74. The minimum absolute atomic E-state index is 0.272. The normalized spacial score (nSPS) is 11.3. The molecule has 0 saturated heterocycles. The van der Waals surface area contributed by atoms with Crippen LogP contribution in [-0.2, 0) is 9.53 Å². The van der Waals surface area contributed by atoms with Crippen molar-refractivity contribution < 1.29 is 9.53 Å². The highest BCUT2D eigenvalue weighted by Gasteiger charge is 1.89. The first kappa shape index (κ1) is 12.9. The van der Waals surface area contributed by atoms with Gasteiger partial charge in [0.1, 0.15) is 0 Å². The van der Waals surface area contributed by atoms with Gasteiger partial charge < -0.3 is 4.74 Å². The molecule has 0 saturated carbocycles. The summed E-state index contributed by atoms with van der Waals surface area (Å²) in [7, 11) is 0. The molecule has 0 radical (unpaired) electrons. The SMILES string of the molecule is CCCCCC=C/C=C\C(=O)OCC. The van der Waals surface area contributed by atoms with Crippen molar-refractivity contribution in [3.63, 3.8) is 0 Å². The van der Waals surface area contributed by atoms with Gasteiger partial charge in [0.25, 0.3) is 0 Å². The number of hydrogen-bond acceptors (Lipinski definition) is 2. The number of carbonyl (C=O) groups excluding carboxylic acids is 1. The van der Waals surface area contributed by atoms with Crippen LogP contribution >= 0.6 is 0 Å². The topological polar surface area (TPSA) is 26.3 Å². The fraction of sp³-hybridized carbons (Fsp3) is 0.583. The van der Waals surface area contributed by atoms with Gasteiger partial charge in [-0.15, -0.1) is 0 Å². The first-order valence-corrected chi connectivity index (χ1v) is 5.31. The molecule has 2 nitrogen and oxygen atoms in total. The molecule has 14 heavy (non-hydrogen) atoms. The molecule has 0 rings (SSSR count). The Balaban J connectivity index is 3.45. The summed E-state index contributed by atoms with van der Waals surface area (Å²) in [6.07, 6.45) is 12.0. The van der Waals surface area contributed by atoms with Crippen LogP contribution in [0.3, 0.4) is 0 Å². The molecule has 0 aliphatic carbocycles. The molecule has 0 aromatic rings. The van der Waals surface area contributed by atoms with Crippen LogP contribution in [0.4, 0.5) is 0 Å². The monoisotopic (exact) mass is 196 g/mol. The van der Waals surface area contributed by atoms with E-state index in [0.29, 0.717) is 6.61 Å². The Morgan fingerprint density at radius 3 is 2.64 bits per heavy atom. The summed E-state index contributed by atoms with van der Waals surface area (Å²) in [5.74, 6) is -0.272. The fourth-order valence-corrected chi connectivity index (χ4v) is 1.01. The van der Waals surface area contributed by atoms with Gasteiger partial charge in [0.05, 0.1) is 6.61 Å². The number of carbonyl (C=O) groups is 1. The number of esters is 1. The zero-order valence-electron chi connectivity index (χ0n) is 9.16. The molecule has 2 heteroatoms. The van der Waals surface area contributed by atoms with E-state index in [2.05, 4.69) is 13.0 Å². The third-order valence-corrected chi connectivity index (χ3v) is 1.74. The predicted octanol–water partition coefficient (Wildman–Crippen LogP) is 3.24. The van der Waals surface area contributed by atoms with Crippen LogP contribution in [-0.4, -0.2) is 12.6 Å². The van der Waals surface area contributed by atoms with Gasteiger partial charge in [-0.3, -0.25) is 0 Å². The summed E-state index contributed by atoms with van der Waals surface area (Å²) >= 11 is 0. The van der Waals surface area contributed by atoms with Crippen LogP contribution in [0.1, 0.15) is 39.5 Å². The Morgan fingerprint density at radius 2 is 2.00 bits per heavy atom. The van der Waals surface area contributed by atoms with Crippen LogP contribution in [0.15, 0.2) is 24.3 Å². The first-order chi connectivity index (χ1) is 6.81. The predicted molar refractivity (Wildman–Crippen MR) is 59.1 cm³/mol. The van der Waals surface area contributed by atoms with Crippen LogP contribution in [0.25, 0.3) is 0 Å². The largest absolute Gasteiger partial charge is 0.463 e. The smallest absolute Gasteiger partial charge is 0.330 e. The van der Waals surface area contributed by atoms with Crippen LogP contribution in [0.5, 0.6) is 0 Å². The van der Waals surface area contributed by atoms with Gasteiger partial charge in [0.2, 0.25) is 0 Å². The number of hydrogen-bond donors (Lipinski definition) is 0. The molecule has 0 bridgehead atoms. The number of allylic oxidation sites excluding steroid dienone is 3. The molecule has 0 aliphatic heterocycles. The molecule has 0 fully saturated rings. The van der Waals surface area contributed by atoms with E-state index in [9.17, 15) is 4.79 Å². The van der Waals surface area contributed by atoms with Crippen LogP contribution < -0.4 is 0 Å². The molecule has 0 unspecified atom stereocenters. The highest BCUT2D eigenvalue weighted by atomic mass is 16.5. The quantitative estimate of drug-likeness (QED) is 0.270. The average Bonchev–Trinajstić information content (AvgIpc) is 2.17. The summed E-state index contributed by atoms with van der Waals surface area (Å²) in [5.41, 5.74) is 0. The highest BCUT2D eigenvalue weighted by molar-refractivity contribution is 5.82. The Morgan fingerprint density at radius 1 is 1.21 bits per heavy atom. The molecule has 80 valence electrons. The molecule has 0 aliphatic rings. The first-order valence-electron chi connectivity index (χ1n) is 5.31. The van der Waals surface area contributed by atoms with Crippen molar-refractivity contribution in [2.75, 3.05) is 6.61 Å². The van der Waals surface area contributed by atoms with E-state index < -0.39 is 0 Å². The van der Waals surface area contributed by atoms with Gasteiger partial charge in [-0.1, -0.05) is 38.0 Å². The van der Waals surface area contributed by atoms with E-state index in [1.54, 1.807) is 13.0 Å². The van der Waals surface area contributed by atoms with E-state index in [1.807, 2.05) is 6.08 Å². The fourth-order valence-electron chi connectivity index (χ4n) is 1.01. The Kier molecular flexibility index (Phi) is 9.28. The van der Waals surface area contributed by atoms with Crippen molar-refractivity contribution in [2.45, 2.75) is 39.5 Å². The lowest BCUT2D eigenvalue weighted by atomic mass is 10.2. The van der Waals surface area contributed by atoms with Crippen molar-refractivity contribution in [3.8, 4) is 0 Å². The van der Waals surface area contributed by atoms with Gasteiger partial charge in [0.15, 0.2) is 0 Å². The summed E-state index contributed by atoms with van der Waals surface area (Å²) in [6, 6.07) is 0. The maximum absolute atomic E-state index is 10.8. The van der Waals surface area contributed by atoms with E-state index in [4.69, 9.17) is 4.74 Å². The second-order valence-corrected chi connectivity index (χ2v) is 3.04. The molecule has 0 aromatic carbocycles. The molecule has 0 aromatic heterocycles. The zero-order chi connectivity index (χ0) is 10.6. The van der Waals surface area contributed by atoms with Crippen LogP contribution in [0.2, 0.25) is 0 Å². The van der Waals surface area contributed by atoms with E-state index >= 15 is 0 Å². The van der Waals surface area contributed by atoms with Crippen molar-refractivity contribution >= 4 is 5.97 Å². The standard InChI is InChI=1S/C12H20O2/c1-3-5-6-7-8-9-10-11-12(13)14-4-2/h8-11H,3-7H2,1-2H3/b9-8?,11-10-. The van der Waals surface area contributed by atoms with E-state index in [0.717, 1.165) is 6.42 Å². The Bertz CT molecular complexity index is 192. The van der Waals surface area contributed by atoms with Crippen molar-refractivity contribution in [1.82, 2.24) is 0 Å². The van der Waals surface area contributed by atoms with Crippen LogP contribution in [0, 0.1) is 0 Å². The molecule has 0 atom stereocenters. The second kappa shape index (κ2) is 10.0. The molecule has 0 spiro atoms. The van der Waals surface area contributed by atoms with Gasteiger partial charge in [0, 0.05) is 6.08 Å². The molecular weight excluding hydrogens is 176 g/mol. The van der Waals surface area contributed by atoms with Gasteiger partial charge in [-0.05, 0) is 19.8 Å². The number of unbranched alkanes of at least 4 members (excludes halogenated alkanes) is 3. The summed E-state index contributed by atoms with van der Waals surface area (Å²) in [5, 5.41) is 0. The Hall–Kier alpha value is -1.05. The van der Waals surface area contributed by atoms with Crippen molar-refractivity contribution in [3.05, 3.63) is 24.3 Å². The van der Waals surface area contributed by atoms with Crippen molar-refractivity contribution in [1.29, 1.82) is 0 Å². The van der Waals surface area contributed by atoms with Crippen molar-refractivity contribution in [2.24, 2.45) is 0 Å². The summed E-state index contributed by atoms with van der Waals surface area (Å²) in [4.78, 5) is 10.8. The Labute approximate surface area is 86.6 Å². The minimum Gasteiger partial charge on any atom is -0.463 e. The van der Waals surface area contributed by atoms with E-state index in [-0.39, 0.29) is 5.97 Å².